The Kier molecular flexibility index (Phi) is 4.47. The molecule has 0 aliphatic carbocycles. The van der Waals surface area contributed by atoms with E-state index >= 15 is 0 Å². The van der Waals surface area contributed by atoms with Crippen molar-refractivity contribution in [3.8, 4) is 0 Å². The SMILES string of the molecule is CNC(=O)c1sc(N2CCN(c3ccccc3F)CC2)nc1C. The first kappa shape index (κ1) is 15.7. The number of hydrogen-bond donors (Lipinski definition) is 1. The number of aryl methyl sites for hydroxylation is 1. The molecule has 23 heavy (non-hydrogen) atoms. The summed E-state index contributed by atoms with van der Waals surface area (Å²) in [5, 5.41) is 3.49. The fourth-order valence-electron chi connectivity index (χ4n) is 2.69. The number of aromatic nitrogens is 1. The summed E-state index contributed by atoms with van der Waals surface area (Å²) in [4.78, 5) is 21.2. The predicted molar refractivity (Wildman–Crippen MR) is 91.1 cm³/mol. The van der Waals surface area contributed by atoms with Gasteiger partial charge in [0.2, 0.25) is 0 Å². The van der Waals surface area contributed by atoms with Crippen molar-refractivity contribution in [2.45, 2.75) is 6.92 Å². The van der Waals surface area contributed by atoms with Gasteiger partial charge < -0.3 is 15.1 Å². The Hall–Kier alpha value is -2.15. The summed E-state index contributed by atoms with van der Waals surface area (Å²) in [6, 6.07) is 6.85. The first-order valence-electron chi connectivity index (χ1n) is 7.54. The lowest BCUT2D eigenvalue weighted by Crippen LogP contribution is -2.46. The summed E-state index contributed by atoms with van der Waals surface area (Å²) < 4.78 is 13.9. The van der Waals surface area contributed by atoms with Crippen LogP contribution in [0.25, 0.3) is 0 Å². The summed E-state index contributed by atoms with van der Waals surface area (Å²) in [5.74, 6) is -0.288. The Labute approximate surface area is 138 Å². The molecule has 2 heterocycles. The topological polar surface area (TPSA) is 48.5 Å². The van der Waals surface area contributed by atoms with Crippen molar-refractivity contribution < 1.29 is 9.18 Å². The van der Waals surface area contributed by atoms with Crippen LogP contribution in [-0.4, -0.2) is 44.1 Å². The highest BCUT2D eigenvalue weighted by molar-refractivity contribution is 7.17. The number of hydrogen-bond acceptors (Lipinski definition) is 5. The van der Waals surface area contributed by atoms with E-state index in [-0.39, 0.29) is 11.7 Å². The summed E-state index contributed by atoms with van der Waals surface area (Å²) in [6.07, 6.45) is 0. The maximum Gasteiger partial charge on any atom is 0.263 e. The van der Waals surface area contributed by atoms with Crippen molar-refractivity contribution in [1.82, 2.24) is 10.3 Å². The third-order valence-corrected chi connectivity index (χ3v) is 5.18. The molecule has 122 valence electrons. The third kappa shape index (κ3) is 3.14. The number of para-hydroxylation sites is 1. The maximum atomic E-state index is 13.9. The Morgan fingerprint density at radius 3 is 2.52 bits per heavy atom. The van der Waals surface area contributed by atoms with E-state index in [9.17, 15) is 9.18 Å². The predicted octanol–water partition coefficient (Wildman–Crippen LogP) is 2.28. The number of thiazole rings is 1. The molecule has 0 radical (unpaired) electrons. The molecule has 1 aromatic heterocycles. The second-order valence-corrected chi connectivity index (χ2v) is 6.39. The molecule has 0 atom stereocenters. The molecular weight excluding hydrogens is 315 g/mol. The van der Waals surface area contributed by atoms with Crippen molar-refractivity contribution in [2.24, 2.45) is 0 Å². The standard InChI is InChI=1S/C16H19FN4OS/c1-11-14(15(22)18-2)23-16(19-11)21-9-7-20(8-10-21)13-6-4-3-5-12(13)17/h3-6H,7-10H2,1-2H3,(H,18,22). The van der Waals surface area contributed by atoms with Crippen LogP contribution in [0.4, 0.5) is 15.2 Å². The lowest BCUT2D eigenvalue weighted by molar-refractivity contribution is 0.0966. The maximum absolute atomic E-state index is 13.9. The van der Waals surface area contributed by atoms with Crippen LogP contribution in [-0.2, 0) is 0 Å². The van der Waals surface area contributed by atoms with Gasteiger partial charge in [-0.25, -0.2) is 9.37 Å². The van der Waals surface area contributed by atoms with E-state index in [2.05, 4.69) is 15.2 Å². The molecule has 0 unspecified atom stereocenters. The third-order valence-electron chi connectivity index (χ3n) is 3.96. The van der Waals surface area contributed by atoms with Crippen LogP contribution in [0.1, 0.15) is 15.4 Å². The lowest BCUT2D eigenvalue weighted by Gasteiger charge is -2.36. The fourth-order valence-corrected chi connectivity index (χ4v) is 3.75. The summed E-state index contributed by atoms with van der Waals surface area (Å²) in [7, 11) is 1.62. The van der Waals surface area contributed by atoms with E-state index < -0.39 is 0 Å². The van der Waals surface area contributed by atoms with Crippen molar-refractivity contribution in [3.63, 3.8) is 0 Å². The molecule has 0 spiro atoms. The highest BCUT2D eigenvalue weighted by Crippen LogP contribution is 2.28. The fraction of sp³-hybridized carbons (Fsp3) is 0.375. The van der Waals surface area contributed by atoms with Gasteiger partial charge in [0, 0.05) is 33.2 Å². The van der Waals surface area contributed by atoms with Crippen LogP contribution in [0.15, 0.2) is 24.3 Å². The molecule has 1 aliphatic heterocycles. The lowest BCUT2D eigenvalue weighted by atomic mass is 10.2. The van der Waals surface area contributed by atoms with Gasteiger partial charge in [-0.3, -0.25) is 4.79 Å². The van der Waals surface area contributed by atoms with Crippen molar-refractivity contribution in [2.75, 3.05) is 43.0 Å². The molecular formula is C16H19FN4OS. The molecule has 7 heteroatoms. The van der Waals surface area contributed by atoms with E-state index in [0.717, 1.165) is 37.0 Å². The van der Waals surface area contributed by atoms with Gasteiger partial charge in [-0.05, 0) is 19.1 Å². The Balaban J connectivity index is 1.70. The molecule has 1 amide bonds. The molecule has 1 aliphatic rings. The van der Waals surface area contributed by atoms with Gasteiger partial charge in [0.25, 0.3) is 5.91 Å². The Morgan fingerprint density at radius 1 is 1.22 bits per heavy atom. The zero-order valence-electron chi connectivity index (χ0n) is 13.2. The van der Waals surface area contributed by atoms with Crippen LogP contribution < -0.4 is 15.1 Å². The minimum Gasteiger partial charge on any atom is -0.366 e. The largest absolute Gasteiger partial charge is 0.366 e. The average molecular weight is 334 g/mol. The quantitative estimate of drug-likeness (QED) is 0.935. The summed E-state index contributed by atoms with van der Waals surface area (Å²) in [6.45, 7) is 4.83. The number of anilines is 2. The minimum atomic E-state index is -0.187. The number of carbonyl (C=O) groups excluding carboxylic acids is 1. The average Bonchev–Trinajstić information content (AvgIpc) is 2.97. The number of amides is 1. The summed E-state index contributed by atoms with van der Waals surface area (Å²) in [5.41, 5.74) is 1.40. The van der Waals surface area contributed by atoms with E-state index in [1.165, 1.54) is 17.4 Å². The summed E-state index contributed by atoms with van der Waals surface area (Å²) >= 11 is 1.41. The van der Waals surface area contributed by atoms with Gasteiger partial charge in [-0.2, -0.15) is 0 Å². The molecule has 2 aromatic rings. The number of rotatable bonds is 3. The Bertz CT molecular complexity index is 710. The van der Waals surface area contributed by atoms with Gasteiger partial charge in [0.15, 0.2) is 5.13 Å². The molecule has 1 fully saturated rings. The molecule has 1 aromatic carbocycles. The molecule has 5 nitrogen and oxygen atoms in total. The second kappa shape index (κ2) is 6.54. The first-order chi connectivity index (χ1) is 11.1. The second-order valence-electron chi connectivity index (χ2n) is 5.42. The van der Waals surface area contributed by atoms with Crippen LogP contribution in [0.5, 0.6) is 0 Å². The molecule has 0 saturated carbocycles. The van der Waals surface area contributed by atoms with Crippen LogP contribution in [0, 0.1) is 12.7 Å². The van der Waals surface area contributed by atoms with Gasteiger partial charge in [0.05, 0.1) is 11.4 Å². The monoisotopic (exact) mass is 334 g/mol. The first-order valence-corrected chi connectivity index (χ1v) is 8.35. The zero-order valence-corrected chi connectivity index (χ0v) is 14.0. The Morgan fingerprint density at radius 2 is 1.87 bits per heavy atom. The number of nitrogens with one attached hydrogen (secondary N) is 1. The molecule has 3 rings (SSSR count). The van der Waals surface area contributed by atoms with Gasteiger partial charge in [-0.15, -0.1) is 0 Å². The highest BCUT2D eigenvalue weighted by atomic mass is 32.1. The van der Waals surface area contributed by atoms with Crippen molar-refractivity contribution >= 4 is 28.1 Å². The van der Waals surface area contributed by atoms with E-state index in [0.29, 0.717) is 10.6 Å². The van der Waals surface area contributed by atoms with E-state index in [1.54, 1.807) is 13.1 Å². The normalized spacial score (nSPS) is 14.9. The smallest absolute Gasteiger partial charge is 0.263 e. The van der Waals surface area contributed by atoms with Crippen LogP contribution in [0.3, 0.4) is 0 Å². The molecule has 1 saturated heterocycles. The highest BCUT2D eigenvalue weighted by Gasteiger charge is 2.23. The van der Waals surface area contributed by atoms with Crippen LogP contribution >= 0.6 is 11.3 Å². The minimum absolute atomic E-state index is 0.101. The van der Waals surface area contributed by atoms with Gasteiger partial charge in [-0.1, -0.05) is 23.5 Å². The number of nitrogens with zero attached hydrogens (tertiary/aromatic N) is 3. The van der Waals surface area contributed by atoms with Crippen molar-refractivity contribution in [3.05, 3.63) is 40.7 Å². The molecule has 1 N–H and O–H groups in total. The van der Waals surface area contributed by atoms with Gasteiger partial charge in [0.1, 0.15) is 10.7 Å². The van der Waals surface area contributed by atoms with E-state index in [4.69, 9.17) is 0 Å². The number of halogens is 1. The van der Waals surface area contributed by atoms with Crippen molar-refractivity contribution in [1.29, 1.82) is 0 Å². The van der Waals surface area contributed by atoms with E-state index in [1.807, 2.05) is 24.0 Å². The number of carbonyl (C=O) groups is 1. The number of benzene rings is 1. The van der Waals surface area contributed by atoms with Crippen LogP contribution in [0.2, 0.25) is 0 Å². The number of piperazine rings is 1. The zero-order chi connectivity index (χ0) is 16.4. The van der Waals surface area contributed by atoms with Gasteiger partial charge >= 0.3 is 0 Å². The molecule has 0 bridgehead atoms.